The zero-order valence-corrected chi connectivity index (χ0v) is 10.9. The molecule has 0 radical (unpaired) electrons. The number of hydrogen-bond acceptors (Lipinski definition) is 2. The topological polar surface area (TPSA) is 23.5 Å². The molecule has 0 amide bonds. The fraction of sp³-hybridized carbons (Fsp3) is 0.600. The molecule has 0 fully saturated rings. The molecule has 1 aromatic rings. The van der Waals surface area contributed by atoms with Crippen molar-refractivity contribution in [3.63, 3.8) is 0 Å². The molecule has 0 heterocycles. The highest BCUT2D eigenvalue weighted by Crippen LogP contribution is 2.32. The number of phenols is 1. The molecule has 2 heteroatoms. The molecule has 2 nitrogen and oxygen atoms in total. The molecule has 1 N–H and O–H groups in total. The predicted molar refractivity (Wildman–Crippen MR) is 71.5 cm³/mol. The minimum absolute atomic E-state index is 0.484. The number of phenolic OH excluding ortho intramolecular Hbond substituents is 1. The monoisotopic (exact) mass is 233 g/mol. The molecule has 1 atom stereocenters. The second-order valence-electron chi connectivity index (χ2n) is 5.01. The third-order valence-corrected chi connectivity index (χ3v) is 3.68. The van der Waals surface area contributed by atoms with Crippen LogP contribution in [0, 0.1) is 0 Å². The summed E-state index contributed by atoms with van der Waals surface area (Å²) in [6, 6.07) is 6.52. The molecule has 1 aromatic carbocycles. The summed E-state index contributed by atoms with van der Waals surface area (Å²) < 4.78 is 0. The first-order chi connectivity index (χ1) is 8.26. The van der Waals surface area contributed by atoms with E-state index >= 15 is 0 Å². The molecule has 0 unspecified atom stereocenters. The average Bonchev–Trinajstić information content (AvgIpc) is 2.74. The van der Waals surface area contributed by atoms with E-state index in [2.05, 4.69) is 24.8 Å². The van der Waals surface area contributed by atoms with E-state index in [1.807, 2.05) is 12.1 Å². The standard InChI is InChI=1S/C15H23NO/c1-3-8-16(9-4-2)13-10-12-6-5-7-15(17)14(12)11-13/h5-7,13,17H,3-4,8-11H2,1-2H3/t13-/m0/s1. The first-order valence-electron chi connectivity index (χ1n) is 6.80. The van der Waals surface area contributed by atoms with Gasteiger partial charge in [0, 0.05) is 6.04 Å². The Labute approximate surface area is 104 Å². The summed E-state index contributed by atoms with van der Waals surface area (Å²) in [7, 11) is 0. The number of fused-ring (bicyclic) bond motifs is 1. The number of hydrogen-bond donors (Lipinski definition) is 1. The van der Waals surface area contributed by atoms with Crippen molar-refractivity contribution in [2.75, 3.05) is 13.1 Å². The van der Waals surface area contributed by atoms with Crippen molar-refractivity contribution >= 4 is 0 Å². The summed E-state index contributed by atoms with van der Waals surface area (Å²) >= 11 is 0. The number of rotatable bonds is 5. The summed E-state index contributed by atoms with van der Waals surface area (Å²) in [5, 5.41) is 9.87. The highest BCUT2D eigenvalue weighted by atomic mass is 16.3. The van der Waals surface area contributed by atoms with E-state index in [1.165, 1.54) is 37.1 Å². The smallest absolute Gasteiger partial charge is 0.119 e. The van der Waals surface area contributed by atoms with Crippen LogP contribution >= 0.6 is 0 Å². The van der Waals surface area contributed by atoms with Gasteiger partial charge in [-0.3, -0.25) is 4.90 Å². The maximum atomic E-state index is 9.87. The predicted octanol–water partition coefficient (Wildman–Crippen LogP) is 2.98. The Balaban J connectivity index is 2.09. The molecule has 0 saturated heterocycles. The lowest BCUT2D eigenvalue weighted by atomic mass is 10.1. The minimum atomic E-state index is 0.484. The summed E-state index contributed by atoms with van der Waals surface area (Å²) in [6.07, 6.45) is 4.53. The lowest BCUT2D eigenvalue weighted by Crippen LogP contribution is -2.37. The van der Waals surface area contributed by atoms with Gasteiger partial charge in [-0.1, -0.05) is 26.0 Å². The van der Waals surface area contributed by atoms with Gasteiger partial charge in [0.1, 0.15) is 5.75 Å². The van der Waals surface area contributed by atoms with E-state index in [0.717, 1.165) is 12.8 Å². The van der Waals surface area contributed by atoms with Crippen molar-refractivity contribution in [3.8, 4) is 5.75 Å². The molecule has 0 saturated carbocycles. The maximum Gasteiger partial charge on any atom is 0.119 e. The summed E-state index contributed by atoms with van der Waals surface area (Å²) in [6.45, 7) is 6.82. The van der Waals surface area contributed by atoms with Gasteiger partial charge in [0.25, 0.3) is 0 Å². The highest BCUT2D eigenvalue weighted by molar-refractivity contribution is 5.43. The molecule has 1 aliphatic carbocycles. The lowest BCUT2D eigenvalue weighted by Gasteiger charge is -2.27. The normalized spacial score (nSPS) is 18.6. The van der Waals surface area contributed by atoms with Gasteiger partial charge in [-0.25, -0.2) is 0 Å². The Morgan fingerprint density at radius 3 is 2.47 bits per heavy atom. The first kappa shape index (κ1) is 12.4. The van der Waals surface area contributed by atoms with E-state index in [9.17, 15) is 5.11 Å². The molecular weight excluding hydrogens is 210 g/mol. The van der Waals surface area contributed by atoms with Gasteiger partial charge in [-0.05, 0) is 56.0 Å². The van der Waals surface area contributed by atoms with Crippen LogP contribution in [0.3, 0.4) is 0 Å². The second-order valence-corrected chi connectivity index (χ2v) is 5.01. The van der Waals surface area contributed by atoms with Crippen molar-refractivity contribution in [2.24, 2.45) is 0 Å². The van der Waals surface area contributed by atoms with Gasteiger partial charge >= 0.3 is 0 Å². The zero-order valence-electron chi connectivity index (χ0n) is 10.9. The molecule has 17 heavy (non-hydrogen) atoms. The van der Waals surface area contributed by atoms with Crippen molar-refractivity contribution in [2.45, 2.75) is 45.6 Å². The second kappa shape index (κ2) is 5.54. The van der Waals surface area contributed by atoms with Crippen molar-refractivity contribution in [3.05, 3.63) is 29.3 Å². The Kier molecular flexibility index (Phi) is 4.06. The molecular formula is C15H23NO. The van der Waals surface area contributed by atoms with Crippen molar-refractivity contribution in [1.82, 2.24) is 4.90 Å². The number of nitrogens with zero attached hydrogens (tertiary/aromatic N) is 1. The molecule has 0 aromatic heterocycles. The van der Waals surface area contributed by atoms with Crippen molar-refractivity contribution < 1.29 is 5.11 Å². The fourth-order valence-electron chi connectivity index (χ4n) is 2.92. The van der Waals surface area contributed by atoms with Crippen LogP contribution in [0.5, 0.6) is 5.75 Å². The quantitative estimate of drug-likeness (QED) is 0.845. The molecule has 0 spiro atoms. The van der Waals surface area contributed by atoms with E-state index < -0.39 is 0 Å². The Hall–Kier alpha value is -1.02. The summed E-state index contributed by atoms with van der Waals surface area (Å²) in [5.41, 5.74) is 2.52. The van der Waals surface area contributed by atoms with Crippen LogP contribution in [0.25, 0.3) is 0 Å². The minimum Gasteiger partial charge on any atom is -0.508 e. The third kappa shape index (κ3) is 2.63. The van der Waals surface area contributed by atoms with E-state index in [-0.39, 0.29) is 0 Å². The lowest BCUT2D eigenvalue weighted by molar-refractivity contribution is 0.201. The molecule has 94 valence electrons. The summed E-state index contributed by atoms with van der Waals surface area (Å²) in [4.78, 5) is 2.58. The van der Waals surface area contributed by atoms with Crippen LogP contribution in [0.1, 0.15) is 37.8 Å². The van der Waals surface area contributed by atoms with E-state index in [0.29, 0.717) is 11.8 Å². The largest absolute Gasteiger partial charge is 0.508 e. The van der Waals surface area contributed by atoms with E-state index in [1.54, 1.807) is 0 Å². The third-order valence-electron chi connectivity index (χ3n) is 3.68. The molecule has 2 rings (SSSR count). The van der Waals surface area contributed by atoms with Crippen LogP contribution in [-0.2, 0) is 12.8 Å². The number of aromatic hydroxyl groups is 1. The van der Waals surface area contributed by atoms with Gasteiger partial charge in [0.2, 0.25) is 0 Å². The van der Waals surface area contributed by atoms with Crippen LogP contribution in [0.4, 0.5) is 0 Å². The van der Waals surface area contributed by atoms with Crippen LogP contribution < -0.4 is 0 Å². The van der Waals surface area contributed by atoms with Gasteiger partial charge in [0.15, 0.2) is 0 Å². The van der Waals surface area contributed by atoms with E-state index in [4.69, 9.17) is 0 Å². The van der Waals surface area contributed by atoms with Crippen LogP contribution in [0.2, 0.25) is 0 Å². The Morgan fingerprint density at radius 2 is 1.88 bits per heavy atom. The van der Waals surface area contributed by atoms with Gasteiger partial charge in [-0.15, -0.1) is 0 Å². The molecule has 1 aliphatic rings. The Morgan fingerprint density at radius 1 is 1.18 bits per heavy atom. The Bertz CT molecular complexity index is 369. The van der Waals surface area contributed by atoms with Gasteiger partial charge < -0.3 is 5.11 Å². The number of benzene rings is 1. The zero-order chi connectivity index (χ0) is 12.3. The van der Waals surface area contributed by atoms with Crippen LogP contribution in [-0.4, -0.2) is 29.1 Å². The van der Waals surface area contributed by atoms with Crippen LogP contribution in [0.15, 0.2) is 18.2 Å². The molecule has 0 bridgehead atoms. The maximum absolute atomic E-state index is 9.87. The summed E-state index contributed by atoms with van der Waals surface area (Å²) in [5.74, 6) is 0.484. The molecule has 0 aliphatic heterocycles. The van der Waals surface area contributed by atoms with Gasteiger partial charge in [0.05, 0.1) is 0 Å². The SMILES string of the molecule is CCCN(CCC)[C@H]1Cc2cccc(O)c2C1. The first-order valence-corrected chi connectivity index (χ1v) is 6.80. The van der Waals surface area contributed by atoms with Gasteiger partial charge in [-0.2, -0.15) is 0 Å². The highest BCUT2D eigenvalue weighted by Gasteiger charge is 2.27. The average molecular weight is 233 g/mol. The fourth-order valence-corrected chi connectivity index (χ4v) is 2.92. The van der Waals surface area contributed by atoms with Crippen molar-refractivity contribution in [1.29, 1.82) is 0 Å².